The molecule has 0 radical (unpaired) electrons. The first-order valence-electron chi connectivity index (χ1n) is 5.02. The van der Waals surface area contributed by atoms with Crippen LogP contribution in [0.1, 0.15) is 12.8 Å². The molecule has 1 fully saturated rings. The van der Waals surface area contributed by atoms with E-state index in [0.717, 1.165) is 31.1 Å². The lowest BCUT2D eigenvalue weighted by Crippen LogP contribution is -2.15. The van der Waals surface area contributed by atoms with Crippen molar-refractivity contribution in [1.29, 1.82) is 5.26 Å². The van der Waals surface area contributed by atoms with Crippen molar-refractivity contribution in [3.05, 3.63) is 12.4 Å². The van der Waals surface area contributed by atoms with Crippen molar-refractivity contribution in [1.82, 2.24) is 9.55 Å². The molecule has 1 atom stereocenters. The van der Waals surface area contributed by atoms with E-state index in [4.69, 9.17) is 10.00 Å². The average Bonchev–Trinajstić information content (AvgIpc) is 2.87. The summed E-state index contributed by atoms with van der Waals surface area (Å²) in [6, 6.07) is 2.11. The largest absolute Gasteiger partial charge is 0.376 e. The SMILES string of the molecule is N#CCSc1nccn1CC1CCCO1. The minimum absolute atomic E-state index is 0.320. The van der Waals surface area contributed by atoms with Crippen molar-refractivity contribution in [3.8, 4) is 6.07 Å². The van der Waals surface area contributed by atoms with E-state index in [1.165, 1.54) is 11.8 Å². The molecule has 1 unspecified atom stereocenters. The quantitative estimate of drug-likeness (QED) is 0.729. The molecule has 1 saturated heterocycles. The van der Waals surface area contributed by atoms with Gasteiger partial charge in [-0.25, -0.2) is 4.98 Å². The Morgan fingerprint density at radius 1 is 1.73 bits per heavy atom. The topological polar surface area (TPSA) is 50.8 Å². The number of ether oxygens (including phenoxy) is 1. The Labute approximate surface area is 93.2 Å². The van der Waals surface area contributed by atoms with Crippen molar-refractivity contribution in [3.63, 3.8) is 0 Å². The van der Waals surface area contributed by atoms with Crippen molar-refractivity contribution in [2.24, 2.45) is 0 Å². The van der Waals surface area contributed by atoms with E-state index < -0.39 is 0 Å². The van der Waals surface area contributed by atoms with Gasteiger partial charge in [0.1, 0.15) is 0 Å². The van der Waals surface area contributed by atoms with Crippen LogP contribution in [0.4, 0.5) is 0 Å². The van der Waals surface area contributed by atoms with E-state index in [0.29, 0.717) is 11.9 Å². The third-order valence-corrected chi connectivity index (χ3v) is 3.24. The normalized spacial score (nSPS) is 20.3. The van der Waals surface area contributed by atoms with E-state index in [-0.39, 0.29) is 0 Å². The predicted molar refractivity (Wildman–Crippen MR) is 57.5 cm³/mol. The zero-order chi connectivity index (χ0) is 10.5. The maximum Gasteiger partial charge on any atom is 0.169 e. The van der Waals surface area contributed by atoms with Crippen LogP contribution in [0.5, 0.6) is 0 Å². The van der Waals surface area contributed by atoms with Gasteiger partial charge in [-0.1, -0.05) is 11.8 Å². The summed E-state index contributed by atoms with van der Waals surface area (Å²) >= 11 is 1.47. The third kappa shape index (κ3) is 2.74. The van der Waals surface area contributed by atoms with Gasteiger partial charge in [-0.3, -0.25) is 0 Å². The van der Waals surface area contributed by atoms with Crippen LogP contribution in [0.15, 0.2) is 17.6 Å². The molecule has 2 heterocycles. The van der Waals surface area contributed by atoms with Gasteiger partial charge in [-0.2, -0.15) is 5.26 Å². The summed E-state index contributed by atoms with van der Waals surface area (Å²) in [6.45, 7) is 1.73. The van der Waals surface area contributed by atoms with Gasteiger partial charge < -0.3 is 9.30 Å². The average molecular weight is 223 g/mol. The zero-order valence-electron chi connectivity index (χ0n) is 8.43. The first-order valence-corrected chi connectivity index (χ1v) is 6.01. The molecule has 80 valence electrons. The van der Waals surface area contributed by atoms with Crippen LogP contribution in [0, 0.1) is 11.3 Å². The molecule has 0 spiro atoms. The molecule has 0 bridgehead atoms. The number of nitrogens with zero attached hydrogens (tertiary/aromatic N) is 3. The summed E-state index contributed by atoms with van der Waals surface area (Å²) in [6.07, 6.45) is 6.32. The molecule has 0 aromatic carbocycles. The molecule has 1 aromatic heterocycles. The number of imidazole rings is 1. The summed E-state index contributed by atoms with van der Waals surface area (Å²) < 4.78 is 7.63. The Hall–Kier alpha value is -0.990. The van der Waals surface area contributed by atoms with Crippen LogP contribution in [0.25, 0.3) is 0 Å². The summed E-state index contributed by atoms with van der Waals surface area (Å²) in [5.41, 5.74) is 0. The van der Waals surface area contributed by atoms with Gasteiger partial charge in [0.05, 0.1) is 24.5 Å². The van der Waals surface area contributed by atoms with Crippen molar-refractivity contribution in [2.45, 2.75) is 30.6 Å². The highest BCUT2D eigenvalue weighted by Crippen LogP contribution is 2.19. The fourth-order valence-corrected chi connectivity index (χ4v) is 2.31. The number of rotatable bonds is 4. The lowest BCUT2D eigenvalue weighted by Gasteiger charge is -2.11. The molecule has 0 N–H and O–H groups in total. The molecule has 0 saturated carbocycles. The Kier molecular flexibility index (Phi) is 3.64. The van der Waals surface area contributed by atoms with Gasteiger partial charge in [0.25, 0.3) is 0 Å². The minimum Gasteiger partial charge on any atom is -0.376 e. The van der Waals surface area contributed by atoms with Gasteiger partial charge >= 0.3 is 0 Å². The van der Waals surface area contributed by atoms with Crippen molar-refractivity contribution < 1.29 is 4.74 Å². The molecule has 1 aliphatic rings. The van der Waals surface area contributed by atoms with Crippen LogP contribution < -0.4 is 0 Å². The highest BCUT2D eigenvalue weighted by atomic mass is 32.2. The van der Waals surface area contributed by atoms with Crippen LogP contribution >= 0.6 is 11.8 Å². The maximum absolute atomic E-state index is 8.51. The Morgan fingerprint density at radius 2 is 2.67 bits per heavy atom. The van der Waals surface area contributed by atoms with Gasteiger partial charge in [0, 0.05) is 19.0 Å². The fourth-order valence-electron chi connectivity index (χ4n) is 1.68. The molecular formula is C10H13N3OS. The first-order chi connectivity index (χ1) is 7.40. The lowest BCUT2D eigenvalue weighted by molar-refractivity contribution is 0.0950. The lowest BCUT2D eigenvalue weighted by atomic mass is 10.2. The van der Waals surface area contributed by atoms with Gasteiger partial charge in [0.2, 0.25) is 0 Å². The van der Waals surface area contributed by atoms with E-state index in [1.54, 1.807) is 6.20 Å². The smallest absolute Gasteiger partial charge is 0.169 e. The molecule has 5 heteroatoms. The first kappa shape index (κ1) is 10.5. The highest BCUT2D eigenvalue weighted by molar-refractivity contribution is 7.99. The summed E-state index contributed by atoms with van der Waals surface area (Å²) in [7, 11) is 0. The van der Waals surface area contributed by atoms with Gasteiger partial charge in [-0.15, -0.1) is 0 Å². The minimum atomic E-state index is 0.320. The third-order valence-electron chi connectivity index (χ3n) is 2.37. The van der Waals surface area contributed by atoms with Gasteiger partial charge in [-0.05, 0) is 12.8 Å². The standard InChI is InChI=1S/C10H13N3OS/c11-3-7-15-10-12-4-5-13(10)8-9-2-1-6-14-9/h4-5,9H,1-2,6-8H2. The summed E-state index contributed by atoms with van der Waals surface area (Å²) in [5.74, 6) is 0.447. The van der Waals surface area contributed by atoms with E-state index in [1.807, 2.05) is 6.20 Å². The number of aromatic nitrogens is 2. The number of nitriles is 1. The molecule has 1 aliphatic heterocycles. The second-order valence-corrected chi connectivity index (χ2v) is 4.39. The van der Waals surface area contributed by atoms with E-state index >= 15 is 0 Å². The molecule has 2 rings (SSSR count). The van der Waals surface area contributed by atoms with Crippen LogP contribution in [0.3, 0.4) is 0 Å². The van der Waals surface area contributed by atoms with Crippen molar-refractivity contribution in [2.75, 3.05) is 12.4 Å². The molecular weight excluding hydrogens is 210 g/mol. The maximum atomic E-state index is 8.51. The monoisotopic (exact) mass is 223 g/mol. The van der Waals surface area contributed by atoms with E-state index in [2.05, 4.69) is 15.6 Å². The van der Waals surface area contributed by atoms with E-state index in [9.17, 15) is 0 Å². The van der Waals surface area contributed by atoms with Crippen LogP contribution in [-0.2, 0) is 11.3 Å². The van der Waals surface area contributed by atoms with Gasteiger partial charge in [0.15, 0.2) is 5.16 Å². The highest BCUT2D eigenvalue weighted by Gasteiger charge is 2.17. The predicted octanol–water partition coefficient (Wildman–Crippen LogP) is 1.68. The Bertz CT molecular complexity index is 352. The second-order valence-electron chi connectivity index (χ2n) is 3.44. The Balaban J connectivity index is 1.95. The summed E-state index contributed by atoms with van der Waals surface area (Å²) in [4.78, 5) is 4.22. The molecule has 1 aromatic rings. The van der Waals surface area contributed by atoms with Crippen LogP contribution in [0.2, 0.25) is 0 Å². The van der Waals surface area contributed by atoms with Crippen molar-refractivity contribution >= 4 is 11.8 Å². The second kappa shape index (κ2) is 5.19. The fraction of sp³-hybridized carbons (Fsp3) is 0.600. The Morgan fingerprint density at radius 3 is 3.40 bits per heavy atom. The molecule has 0 amide bonds. The summed E-state index contributed by atoms with van der Waals surface area (Å²) in [5, 5.41) is 9.42. The molecule has 0 aliphatic carbocycles. The number of hydrogen-bond donors (Lipinski definition) is 0. The van der Waals surface area contributed by atoms with Crippen LogP contribution in [-0.4, -0.2) is 28.0 Å². The number of thioether (sulfide) groups is 1. The molecule has 15 heavy (non-hydrogen) atoms. The molecule has 4 nitrogen and oxygen atoms in total. The zero-order valence-corrected chi connectivity index (χ0v) is 9.24. The number of hydrogen-bond acceptors (Lipinski definition) is 4.